The number of ketones is 1. The predicted molar refractivity (Wildman–Crippen MR) is 421 cm³/mol. The molecule has 4 N–H and O–H groups in total. The quantitative estimate of drug-likeness (QED) is 0.0762. The van der Waals surface area contributed by atoms with Gasteiger partial charge < -0.3 is 111 Å². The molecular formula is C81H105N4O22P4-. The number of carbonyl (C=O) groups is 4. The summed E-state index contributed by atoms with van der Waals surface area (Å²) in [5.41, 5.74) is 2.14. The number of hydrogen-bond donors (Lipinski definition) is 4. The fourth-order valence-electron chi connectivity index (χ4n) is 22.4. The minimum absolute atomic E-state index is 0. The highest BCUT2D eigenvalue weighted by Gasteiger charge is 2.76. The molecule has 4 saturated heterocycles. The van der Waals surface area contributed by atoms with Crippen molar-refractivity contribution in [3.63, 3.8) is 0 Å². The number of likely N-dealkylation sites (N-methyl/N-ethyl adjacent to an activating group) is 4. The average Bonchev–Trinajstić information content (AvgIpc) is 1.65. The molecule has 4 unspecified atom stereocenters. The second kappa shape index (κ2) is 29.8. The highest BCUT2D eigenvalue weighted by Crippen LogP contribution is 2.70. The zero-order valence-electron chi connectivity index (χ0n) is 63.1. The number of hydrogen-bond acceptors (Lipinski definition) is 26. The van der Waals surface area contributed by atoms with Crippen molar-refractivity contribution >= 4 is 61.9 Å². The SMILES string of the molecule is C.C.CC.CC(=O)OC1=CC[C@]2(O)[C@@H]3Cc4ccc(OP)c5c4[C@]2(CCN3C)[C@@H]1O5.CC(C)=O.CN1CC[C@@]23c4c5ccc(OP)c4O[C@@H]2C([O-])=CC[C@]3(O)[C@@H]1C5.COC(=O)OC1=CC[C@]2(O)[C@@H]3Cc4ccc(OP)c5c4[C@]2(CCN3C)[C@@H]1O5.COC(=O)OC1=CC[C@]2(O)[C@@H]3Cc4ccc(OP)c5c4[C@]2(CCN3C)[C@@H]1O5. The number of esters is 1. The zero-order chi connectivity index (χ0) is 77.8. The van der Waals surface area contributed by atoms with Crippen molar-refractivity contribution in [3.05, 3.63) is 140 Å². The van der Waals surface area contributed by atoms with E-state index in [4.69, 9.17) is 51.3 Å². The second-order valence-corrected chi connectivity index (χ2v) is 32.4. The lowest BCUT2D eigenvalue weighted by Crippen LogP contribution is -2.74. The molecule has 20 rings (SSSR count). The summed E-state index contributed by atoms with van der Waals surface area (Å²) in [7, 11) is 19.8. The van der Waals surface area contributed by atoms with Crippen LogP contribution in [0.15, 0.2) is 95.9 Å². The van der Waals surface area contributed by atoms with E-state index in [2.05, 4.69) is 119 Å². The molecule has 8 aliphatic carbocycles. The molecule has 8 aliphatic heterocycles. The number of Topliss-reactive ketones (excluding diaryl/α,β-unsaturated/α-hetero) is 1. The van der Waals surface area contributed by atoms with Gasteiger partial charge in [-0.25, -0.2) is 9.59 Å². The van der Waals surface area contributed by atoms with Crippen LogP contribution in [0, 0.1) is 0 Å². The maximum Gasteiger partial charge on any atom is 0.513 e. The summed E-state index contributed by atoms with van der Waals surface area (Å²) in [5.74, 6) is 6.09. The molecule has 16 aliphatic rings. The summed E-state index contributed by atoms with van der Waals surface area (Å²) in [6, 6.07) is 15.7. The number of methoxy groups -OCH3 is 2. The Labute approximate surface area is 657 Å². The largest absolute Gasteiger partial charge is 0.873 e. The minimum atomic E-state index is -1.01. The van der Waals surface area contributed by atoms with Crippen LogP contribution in [0.4, 0.5) is 9.59 Å². The van der Waals surface area contributed by atoms with Crippen molar-refractivity contribution < 1.29 is 105 Å². The van der Waals surface area contributed by atoms with Crippen molar-refractivity contribution in [3.8, 4) is 46.0 Å². The molecule has 0 radical (unpaired) electrons. The number of carbonyl (C=O) groups excluding carboxylic acids is 4. The van der Waals surface area contributed by atoms with E-state index in [9.17, 15) is 44.7 Å². The third kappa shape index (κ3) is 11.3. The molecule has 0 amide bonds. The number of piperidine rings is 4. The molecule has 0 saturated carbocycles. The topological polar surface area (TPSA) is 305 Å². The third-order valence-corrected chi connectivity index (χ3v) is 27.9. The molecule has 8 bridgehead atoms. The van der Waals surface area contributed by atoms with E-state index in [1.165, 1.54) is 46.1 Å². The monoisotopic (exact) mass is 1610 g/mol. The fourth-order valence-corrected chi connectivity index (χ4v) is 23.2. The van der Waals surface area contributed by atoms with E-state index in [-0.39, 0.29) is 56.5 Å². The summed E-state index contributed by atoms with van der Waals surface area (Å²) >= 11 is 0. The predicted octanol–water partition coefficient (Wildman–Crippen LogP) is 8.92. The standard InChI is InChI=1S/2C19H22NO6P.C19H22NO5P.C17H20NO4P.C3H6O.C2H6.2CH4/c2*1-20-8-7-18-14-10-3-4-11(26-27)15(14)25-16(18)12(24-17(21)23-2)5-6-19(18,22)13(20)9-10;1-10(21)23-13-5-6-19(22)14-9-11-3-4-12(25-26)16-15(11)18(19,17(13)24-16)7-8-20(14)2;1-18-7-6-16-13-9-2-3-11(22-23)14(13)21-15(16)10(19)4-5-17(16,20)12(18)8-9;1-3(2)4;1-2;;/h2*3-5,13,16,22H,6-9,27H2,1-2H3;3-5,14,17,22H,6-9,26H2,1-2H3;2-4,12,15,19-20H,5-8,23H2,1H3;1-2H3;1-2H3;2*1H4/p-1/t2*13-,16+,18+,19-;14-,17+,18+,19-;12-,15+,16+,17-;;;;/m0000..../s1. The molecule has 20 atom stereocenters. The molecule has 8 heterocycles. The van der Waals surface area contributed by atoms with Crippen LogP contribution in [0.2, 0.25) is 0 Å². The van der Waals surface area contributed by atoms with Gasteiger partial charge in [0.25, 0.3) is 0 Å². The van der Waals surface area contributed by atoms with Gasteiger partial charge in [-0.1, -0.05) is 64.8 Å². The summed E-state index contributed by atoms with van der Waals surface area (Å²) in [6.45, 7) is 11.8. The van der Waals surface area contributed by atoms with Gasteiger partial charge in [0.2, 0.25) is 0 Å². The van der Waals surface area contributed by atoms with Gasteiger partial charge in [0.1, 0.15) is 29.2 Å². The number of likely N-dealkylation sites (tertiary alicyclic amines) is 4. The van der Waals surface area contributed by atoms with Crippen LogP contribution in [-0.2, 0) is 80.6 Å². The number of aliphatic hydroxyl groups is 4. The first-order valence-electron chi connectivity index (χ1n) is 37.2. The fraction of sp³-hybridized carbons (Fsp3) is 0.556. The van der Waals surface area contributed by atoms with Crippen LogP contribution in [0.5, 0.6) is 46.0 Å². The normalized spacial score (nSPS) is 34.5. The molecular weight excluding hydrogens is 1500 g/mol. The zero-order valence-corrected chi connectivity index (χ0v) is 67.7. The Balaban J connectivity index is 0.000000126. The first-order valence-corrected chi connectivity index (χ1v) is 39.1. The molecule has 0 aromatic heterocycles. The summed E-state index contributed by atoms with van der Waals surface area (Å²) in [5, 5.41) is 60.2. The van der Waals surface area contributed by atoms with E-state index < -0.39 is 80.8 Å². The Morgan fingerprint density at radius 1 is 0.423 bits per heavy atom. The van der Waals surface area contributed by atoms with Gasteiger partial charge in [0.05, 0.1) is 96.2 Å². The Kier molecular flexibility index (Phi) is 22.0. The van der Waals surface area contributed by atoms with E-state index in [1.807, 2.05) is 44.2 Å². The number of nitrogens with zero attached hydrogens (tertiary/aromatic N) is 4. The van der Waals surface area contributed by atoms with Crippen LogP contribution >= 0.6 is 37.9 Å². The summed E-state index contributed by atoms with van der Waals surface area (Å²) in [4.78, 5) is 53.6. The van der Waals surface area contributed by atoms with Crippen LogP contribution in [0.3, 0.4) is 0 Å². The Bertz CT molecular complexity index is 4410. The highest BCUT2D eigenvalue weighted by molar-refractivity contribution is 7.11. The van der Waals surface area contributed by atoms with E-state index >= 15 is 0 Å². The average molecular weight is 1610 g/mol. The van der Waals surface area contributed by atoms with Gasteiger partial charge in [0, 0.05) is 72.6 Å². The van der Waals surface area contributed by atoms with Gasteiger partial charge in [-0.3, -0.25) is 4.79 Å². The van der Waals surface area contributed by atoms with Crippen LogP contribution in [0.25, 0.3) is 0 Å². The van der Waals surface area contributed by atoms with Gasteiger partial charge in [-0.05, 0) is 191 Å². The number of rotatable bonds is 7. The van der Waals surface area contributed by atoms with Gasteiger partial charge in [-0.2, -0.15) is 0 Å². The highest BCUT2D eigenvalue weighted by atomic mass is 31.0. The van der Waals surface area contributed by atoms with Crippen LogP contribution in [-0.4, -0.2) is 204 Å². The molecule has 111 heavy (non-hydrogen) atoms. The minimum Gasteiger partial charge on any atom is -0.873 e. The molecule has 602 valence electrons. The van der Waals surface area contributed by atoms with Gasteiger partial charge >= 0.3 is 18.3 Å². The van der Waals surface area contributed by atoms with E-state index in [0.29, 0.717) is 102 Å². The van der Waals surface area contributed by atoms with Crippen molar-refractivity contribution in [2.45, 2.75) is 219 Å². The Hall–Kier alpha value is -6.88. The maximum atomic E-state index is 12.6. The molecule has 4 fully saturated rings. The lowest BCUT2D eigenvalue weighted by Gasteiger charge is -2.62. The number of benzene rings is 4. The lowest BCUT2D eigenvalue weighted by atomic mass is 9.50. The molecule has 26 nitrogen and oxygen atoms in total. The van der Waals surface area contributed by atoms with E-state index in [0.717, 1.165) is 98.1 Å². The maximum absolute atomic E-state index is 12.6. The summed E-state index contributed by atoms with van der Waals surface area (Å²) < 4.78 is 72.6. The van der Waals surface area contributed by atoms with Crippen molar-refractivity contribution in [2.24, 2.45) is 0 Å². The van der Waals surface area contributed by atoms with Crippen LogP contribution in [0.1, 0.15) is 145 Å². The molecule has 4 aromatic carbocycles. The first kappa shape index (κ1) is 82.1. The smallest absolute Gasteiger partial charge is 0.513 e. The third-order valence-electron chi connectivity index (χ3n) is 26.9. The molecule has 4 aromatic rings. The summed E-state index contributed by atoms with van der Waals surface area (Å²) in [6.07, 6.45) is 10.6. The lowest BCUT2D eigenvalue weighted by molar-refractivity contribution is -0.331. The van der Waals surface area contributed by atoms with Crippen molar-refractivity contribution in [2.75, 3.05) is 68.6 Å². The van der Waals surface area contributed by atoms with Crippen LogP contribution < -0.4 is 42.1 Å². The Morgan fingerprint density at radius 2 is 0.667 bits per heavy atom. The van der Waals surface area contributed by atoms with Gasteiger partial charge in [0.15, 0.2) is 64.3 Å². The van der Waals surface area contributed by atoms with E-state index in [1.54, 1.807) is 18.2 Å². The number of ether oxygens (including phenoxy) is 9. The molecule has 4 spiro atoms. The Morgan fingerprint density at radius 3 is 0.919 bits per heavy atom. The molecule has 30 heteroatoms. The van der Waals surface area contributed by atoms with Crippen molar-refractivity contribution in [1.82, 2.24) is 19.6 Å². The van der Waals surface area contributed by atoms with Crippen molar-refractivity contribution in [1.29, 1.82) is 0 Å². The second-order valence-electron chi connectivity index (χ2n) is 31.4. The first-order chi connectivity index (χ1) is 52.1. The van der Waals surface area contributed by atoms with Gasteiger partial charge in [-0.15, -0.1) is 0 Å².